The zero-order chi connectivity index (χ0) is 24.9. The van der Waals surface area contributed by atoms with Gasteiger partial charge in [-0.1, -0.05) is 26.0 Å². The molecule has 0 saturated carbocycles. The van der Waals surface area contributed by atoms with Crippen LogP contribution in [0.25, 0.3) is 17.3 Å². The minimum Gasteiger partial charge on any atom is -0.550 e. The van der Waals surface area contributed by atoms with E-state index in [4.69, 9.17) is 0 Å². The van der Waals surface area contributed by atoms with Crippen molar-refractivity contribution in [2.75, 3.05) is 17.6 Å². The molecule has 0 aliphatic heterocycles. The predicted octanol–water partition coefficient (Wildman–Crippen LogP) is -1.93. The van der Waals surface area contributed by atoms with Crippen LogP contribution in [0.4, 0.5) is 10.3 Å². The van der Waals surface area contributed by atoms with Gasteiger partial charge >= 0.3 is 29.6 Å². The largest absolute Gasteiger partial charge is 1.00 e. The third-order valence-corrected chi connectivity index (χ3v) is 5.97. The van der Waals surface area contributed by atoms with Gasteiger partial charge in [0.1, 0.15) is 5.82 Å². The van der Waals surface area contributed by atoms with Gasteiger partial charge in [-0.3, -0.25) is 0 Å². The van der Waals surface area contributed by atoms with Crippen LogP contribution in [-0.4, -0.2) is 60.1 Å². The van der Waals surface area contributed by atoms with E-state index in [0.717, 1.165) is 10.6 Å². The van der Waals surface area contributed by atoms with Crippen molar-refractivity contribution in [3.8, 4) is 11.3 Å². The molecule has 2 aromatic rings. The van der Waals surface area contributed by atoms with Gasteiger partial charge in [-0.2, -0.15) is 0 Å². The van der Waals surface area contributed by atoms with Gasteiger partial charge in [0.25, 0.3) is 0 Å². The molecule has 1 aromatic heterocycles. The average molecular weight is 504 g/mol. The van der Waals surface area contributed by atoms with Gasteiger partial charge in [-0.25, -0.2) is 27.1 Å². The Hall–Kier alpha value is -1.89. The number of carboxylic acid groups (broad SMARTS) is 1. The topological polar surface area (TPSA) is 144 Å². The fraction of sp³-hybridized carbons (Fsp3) is 0.409. The van der Waals surface area contributed by atoms with Crippen molar-refractivity contribution in [1.82, 2.24) is 9.97 Å². The van der Waals surface area contributed by atoms with E-state index in [1.54, 1.807) is 0 Å². The molecule has 0 aliphatic carbocycles. The monoisotopic (exact) mass is 503 g/mol. The first-order chi connectivity index (χ1) is 15.3. The summed E-state index contributed by atoms with van der Waals surface area (Å²) in [4.78, 5) is 19.4. The minimum atomic E-state index is -3.66. The van der Waals surface area contributed by atoms with Crippen LogP contribution in [0.3, 0.4) is 0 Å². The van der Waals surface area contributed by atoms with Crippen LogP contribution in [0, 0.1) is 5.82 Å². The zero-order valence-corrected chi connectivity index (χ0v) is 22.6. The molecule has 12 heteroatoms. The summed E-state index contributed by atoms with van der Waals surface area (Å²) < 4.78 is 38.6. The number of carbonyl (C=O) groups excluding carboxylic acids is 1. The van der Waals surface area contributed by atoms with Crippen molar-refractivity contribution in [3.63, 3.8) is 0 Å². The third-order valence-electron chi connectivity index (χ3n) is 4.81. The van der Waals surface area contributed by atoms with Crippen LogP contribution in [0.15, 0.2) is 30.3 Å². The number of carbonyl (C=O) groups is 1. The molecule has 0 radical (unpaired) electrons. The zero-order valence-electron chi connectivity index (χ0n) is 19.8. The maximum atomic E-state index is 13.5. The maximum Gasteiger partial charge on any atom is 1.00 e. The number of aliphatic hydroxyl groups is 2. The van der Waals surface area contributed by atoms with Crippen molar-refractivity contribution >= 4 is 28.0 Å². The maximum absolute atomic E-state index is 13.5. The summed E-state index contributed by atoms with van der Waals surface area (Å²) in [5.74, 6) is -2.14. The Bertz CT molecular complexity index is 1130. The number of benzene rings is 1. The summed E-state index contributed by atoms with van der Waals surface area (Å²) in [6.07, 6.45) is 0.578. The van der Waals surface area contributed by atoms with Crippen molar-refractivity contribution < 1.29 is 62.5 Å². The van der Waals surface area contributed by atoms with Gasteiger partial charge in [0, 0.05) is 37.0 Å². The van der Waals surface area contributed by atoms with Gasteiger partial charge in [-0.15, -0.1) is 0 Å². The van der Waals surface area contributed by atoms with Crippen LogP contribution >= 0.6 is 0 Å². The second kappa shape index (κ2) is 12.7. The Morgan fingerprint density at radius 3 is 2.29 bits per heavy atom. The van der Waals surface area contributed by atoms with E-state index in [9.17, 15) is 32.9 Å². The normalized spacial score (nSPS) is 13.5. The molecule has 9 nitrogen and oxygen atoms in total. The minimum absolute atomic E-state index is 0. The Balaban J connectivity index is 0.00000578. The van der Waals surface area contributed by atoms with E-state index >= 15 is 0 Å². The summed E-state index contributed by atoms with van der Waals surface area (Å²) in [5.41, 5.74) is 1.76. The number of carboxylic acids is 1. The molecule has 0 unspecified atom stereocenters. The number of aromatic nitrogens is 2. The number of rotatable bonds is 10. The number of halogens is 1. The summed E-state index contributed by atoms with van der Waals surface area (Å²) in [6.45, 7) is 3.69. The average Bonchev–Trinajstić information content (AvgIpc) is 2.70. The Morgan fingerprint density at radius 1 is 1.21 bits per heavy atom. The van der Waals surface area contributed by atoms with Crippen LogP contribution in [0.2, 0.25) is 0 Å². The SMILES string of the molecule is CC(C)c1nc(N(C)S(C)(=O)=O)nc(-c2ccc(F)cc2)c1/C=C/[C@@H](O)C[C@H](O)CC(=O)[O-].[Na+]. The molecule has 2 N–H and O–H groups in total. The number of nitrogens with zero attached hydrogens (tertiary/aromatic N) is 3. The summed E-state index contributed by atoms with van der Waals surface area (Å²) in [7, 11) is -2.34. The van der Waals surface area contributed by atoms with Crippen LogP contribution in [-0.2, 0) is 14.8 Å². The molecular formula is C22H27FN3NaO6S. The van der Waals surface area contributed by atoms with Crippen molar-refractivity contribution in [3.05, 3.63) is 47.4 Å². The van der Waals surface area contributed by atoms with Crippen LogP contribution < -0.4 is 39.0 Å². The second-order valence-electron chi connectivity index (χ2n) is 7.96. The predicted molar refractivity (Wildman–Crippen MR) is 120 cm³/mol. The van der Waals surface area contributed by atoms with Crippen molar-refractivity contribution in [2.45, 2.75) is 44.8 Å². The van der Waals surface area contributed by atoms with Gasteiger partial charge in [0.15, 0.2) is 0 Å². The summed E-state index contributed by atoms with van der Waals surface area (Å²) in [5, 5.41) is 30.6. The molecule has 34 heavy (non-hydrogen) atoms. The first-order valence-electron chi connectivity index (χ1n) is 10.2. The summed E-state index contributed by atoms with van der Waals surface area (Å²) in [6, 6.07) is 5.46. The Kier molecular flexibility index (Phi) is 11.3. The number of aliphatic carboxylic acids is 1. The van der Waals surface area contributed by atoms with Crippen LogP contribution in [0.1, 0.15) is 43.9 Å². The number of hydrogen-bond donors (Lipinski definition) is 2. The number of anilines is 1. The van der Waals surface area contributed by atoms with Crippen molar-refractivity contribution in [1.29, 1.82) is 0 Å². The molecule has 0 bridgehead atoms. The smallest absolute Gasteiger partial charge is 0.550 e. The first kappa shape index (κ1) is 30.1. The van der Waals surface area contributed by atoms with Gasteiger partial charge in [0.05, 0.1) is 29.9 Å². The molecule has 2 atom stereocenters. The molecule has 180 valence electrons. The first-order valence-corrected chi connectivity index (χ1v) is 12.0. The molecule has 1 heterocycles. The molecule has 0 saturated heterocycles. The Labute approximate surface area is 220 Å². The van der Waals surface area contributed by atoms with E-state index in [0.29, 0.717) is 22.5 Å². The van der Waals surface area contributed by atoms with Crippen LogP contribution in [0.5, 0.6) is 0 Å². The van der Waals surface area contributed by atoms with Gasteiger partial charge in [-0.05, 0) is 30.2 Å². The van der Waals surface area contributed by atoms with Crippen molar-refractivity contribution in [2.24, 2.45) is 0 Å². The molecular weight excluding hydrogens is 476 g/mol. The van der Waals surface area contributed by atoms with E-state index in [1.165, 1.54) is 43.5 Å². The Morgan fingerprint density at radius 2 is 1.79 bits per heavy atom. The quantitative estimate of drug-likeness (QED) is 0.357. The molecule has 0 spiro atoms. The second-order valence-corrected chi connectivity index (χ2v) is 9.97. The molecule has 0 amide bonds. The van der Waals surface area contributed by atoms with E-state index in [2.05, 4.69) is 9.97 Å². The third kappa shape index (κ3) is 8.40. The molecule has 1 aromatic carbocycles. The van der Waals surface area contributed by atoms with E-state index < -0.39 is 40.4 Å². The van der Waals surface area contributed by atoms with E-state index in [1.807, 2.05) is 13.8 Å². The molecule has 2 rings (SSSR count). The molecule has 0 aliphatic rings. The fourth-order valence-electron chi connectivity index (χ4n) is 3.04. The van der Waals surface area contributed by atoms with Gasteiger partial charge in [0.2, 0.25) is 16.0 Å². The fourth-order valence-corrected chi connectivity index (χ4v) is 3.41. The van der Waals surface area contributed by atoms with E-state index in [-0.39, 0.29) is 47.8 Å². The number of sulfonamides is 1. The summed E-state index contributed by atoms with van der Waals surface area (Å²) >= 11 is 0. The number of aliphatic hydroxyl groups excluding tert-OH is 2. The standard InChI is InChI=1S/C22H28FN3O6S.Na/c1-13(2)20-18(10-9-16(27)11-17(28)12-19(29)30)21(14-5-7-15(23)8-6-14)25-22(24-20)26(3)33(4,31)32;/h5-10,13,16-17,27-28H,11-12H2,1-4H3,(H,29,30);/q;+1/p-1/b10-9+;/t16-,17+;/m1./s1. The van der Waals surface area contributed by atoms with Gasteiger partial charge < -0.3 is 20.1 Å². The number of hydrogen-bond acceptors (Lipinski definition) is 8. The molecule has 0 fully saturated rings.